The summed E-state index contributed by atoms with van der Waals surface area (Å²) in [6, 6.07) is 0.0567. The van der Waals surface area contributed by atoms with E-state index in [1.165, 1.54) is 7.11 Å². The van der Waals surface area contributed by atoms with Crippen LogP contribution in [-0.2, 0) is 23.1 Å². The van der Waals surface area contributed by atoms with Gasteiger partial charge in [-0.05, 0) is 6.92 Å². The van der Waals surface area contributed by atoms with E-state index < -0.39 is 0 Å². The second-order valence-electron chi connectivity index (χ2n) is 3.40. The molecule has 0 bridgehead atoms. The average Bonchev–Trinajstić information content (AvgIpc) is 2.61. The van der Waals surface area contributed by atoms with Gasteiger partial charge in [-0.2, -0.15) is 5.10 Å². The van der Waals surface area contributed by atoms with Gasteiger partial charge in [0.05, 0.1) is 20.1 Å². The van der Waals surface area contributed by atoms with Gasteiger partial charge in [-0.3, -0.25) is 9.48 Å². The fourth-order valence-electron chi connectivity index (χ4n) is 1.14. The minimum Gasteiger partial charge on any atom is -0.469 e. The fourth-order valence-corrected chi connectivity index (χ4v) is 1.14. The van der Waals surface area contributed by atoms with Crippen molar-refractivity contribution in [3.05, 3.63) is 12.2 Å². The van der Waals surface area contributed by atoms with E-state index in [2.05, 4.69) is 20.1 Å². The molecule has 0 saturated carbocycles. The Morgan fingerprint density at radius 2 is 2.47 bits per heavy atom. The number of rotatable bonds is 5. The molecule has 1 rings (SSSR count). The predicted molar refractivity (Wildman–Crippen MR) is 53.9 cm³/mol. The van der Waals surface area contributed by atoms with Gasteiger partial charge in [-0.15, -0.1) is 0 Å². The number of hydrogen-bond acceptors (Lipinski definition) is 5. The Labute approximate surface area is 88.6 Å². The third kappa shape index (κ3) is 4.07. The number of esters is 1. The first-order valence-corrected chi connectivity index (χ1v) is 4.76. The maximum atomic E-state index is 10.9. The molecule has 0 saturated heterocycles. The Kier molecular flexibility index (Phi) is 4.23. The van der Waals surface area contributed by atoms with Crippen molar-refractivity contribution in [1.82, 2.24) is 20.1 Å². The van der Waals surface area contributed by atoms with Crippen molar-refractivity contribution in [3.63, 3.8) is 0 Å². The summed E-state index contributed by atoms with van der Waals surface area (Å²) in [5, 5.41) is 7.25. The number of nitrogens with one attached hydrogen (secondary N) is 1. The quantitative estimate of drug-likeness (QED) is 0.688. The largest absolute Gasteiger partial charge is 0.469 e. The zero-order valence-electron chi connectivity index (χ0n) is 9.23. The lowest BCUT2D eigenvalue weighted by Gasteiger charge is -2.10. The van der Waals surface area contributed by atoms with Gasteiger partial charge in [0.1, 0.15) is 6.33 Å². The number of methoxy groups -OCH3 is 1. The van der Waals surface area contributed by atoms with Gasteiger partial charge in [0.15, 0.2) is 5.82 Å². The summed E-state index contributed by atoms with van der Waals surface area (Å²) in [5.74, 6) is 0.498. The molecular weight excluding hydrogens is 196 g/mol. The molecule has 0 amide bonds. The molecule has 1 heterocycles. The predicted octanol–water partition coefficient (Wildman–Crippen LogP) is -0.144. The van der Waals surface area contributed by atoms with Crippen LogP contribution in [0.4, 0.5) is 0 Å². The van der Waals surface area contributed by atoms with Crippen LogP contribution in [0.1, 0.15) is 19.2 Å². The summed E-state index contributed by atoms with van der Waals surface area (Å²) >= 11 is 0. The summed E-state index contributed by atoms with van der Waals surface area (Å²) < 4.78 is 6.20. The van der Waals surface area contributed by atoms with E-state index in [0.717, 1.165) is 0 Å². The summed E-state index contributed by atoms with van der Waals surface area (Å²) in [7, 11) is 3.20. The van der Waals surface area contributed by atoms with Crippen LogP contribution in [0.3, 0.4) is 0 Å². The molecular formula is C9H16N4O2. The van der Waals surface area contributed by atoms with E-state index in [-0.39, 0.29) is 12.0 Å². The first kappa shape index (κ1) is 11.6. The molecule has 84 valence electrons. The fraction of sp³-hybridized carbons (Fsp3) is 0.667. The summed E-state index contributed by atoms with van der Waals surface area (Å²) in [6.07, 6.45) is 1.99. The van der Waals surface area contributed by atoms with Crippen LogP contribution >= 0.6 is 0 Å². The Morgan fingerprint density at radius 1 is 1.73 bits per heavy atom. The van der Waals surface area contributed by atoms with Gasteiger partial charge >= 0.3 is 5.97 Å². The monoisotopic (exact) mass is 212 g/mol. The van der Waals surface area contributed by atoms with E-state index in [1.54, 1.807) is 11.0 Å². The van der Waals surface area contributed by atoms with Crippen molar-refractivity contribution in [2.45, 2.75) is 25.9 Å². The number of ether oxygens (including phenoxy) is 1. The lowest BCUT2D eigenvalue weighted by Crippen LogP contribution is -2.28. The lowest BCUT2D eigenvalue weighted by molar-refractivity contribution is -0.141. The van der Waals surface area contributed by atoms with Gasteiger partial charge < -0.3 is 10.1 Å². The lowest BCUT2D eigenvalue weighted by atomic mass is 10.2. The van der Waals surface area contributed by atoms with Crippen LogP contribution in [0.2, 0.25) is 0 Å². The molecule has 1 unspecified atom stereocenters. The van der Waals surface area contributed by atoms with Gasteiger partial charge in [0.25, 0.3) is 0 Å². The van der Waals surface area contributed by atoms with Gasteiger partial charge in [-0.25, -0.2) is 4.98 Å². The van der Waals surface area contributed by atoms with E-state index in [0.29, 0.717) is 18.8 Å². The van der Waals surface area contributed by atoms with E-state index in [9.17, 15) is 4.79 Å². The van der Waals surface area contributed by atoms with E-state index in [4.69, 9.17) is 0 Å². The highest BCUT2D eigenvalue weighted by Crippen LogP contribution is 1.95. The SMILES string of the molecule is COC(=O)CC(C)NCc1ncn(C)n1. The number of carbonyl (C=O) groups is 1. The van der Waals surface area contributed by atoms with Crippen molar-refractivity contribution in [2.24, 2.45) is 7.05 Å². The first-order valence-electron chi connectivity index (χ1n) is 4.76. The van der Waals surface area contributed by atoms with Gasteiger partial charge in [0, 0.05) is 13.1 Å². The average molecular weight is 212 g/mol. The van der Waals surface area contributed by atoms with Crippen LogP contribution < -0.4 is 5.32 Å². The minimum atomic E-state index is -0.219. The number of carbonyl (C=O) groups excluding carboxylic acids is 1. The Bertz CT molecular complexity index is 324. The molecule has 0 aliphatic carbocycles. The summed E-state index contributed by atoms with van der Waals surface area (Å²) in [5.41, 5.74) is 0. The highest BCUT2D eigenvalue weighted by atomic mass is 16.5. The Balaban J connectivity index is 2.28. The van der Waals surface area contributed by atoms with Gasteiger partial charge in [-0.1, -0.05) is 0 Å². The molecule has 6 heteroatoms. The van der Waals surface area contributed by atoms with E-state index in [1.807, 2.05) is 14.0 Å². The number of nitrogens with zero attached hydrogens (tertiary/aromatic N) is 3. The smallest absolute Gasteiger partial charge is 0.307 e. The molecule has 0 radical (unpaired) electrons. The maximum Gasteiger partial charge on any atom is 0.307 e. The molecule has 15 heavy (non-hydrogen) atoms. The second-order valence-corrected chi connectivity index (χ2v) is 3.40. The van der Waals surface area contributed by atoms with E-state index >= 15 is 0 Å². The number of aryl methyl sites for hydroxylation is 1. The Hall–Kier alpha value is -1.43. The van der Waals surface area contributed by atoms with Crippen LogP contribution in [0, 0.1) is 0 Å². The molecule has 0 fully saturated rings. The molecule has 1 aromatic heterocycles. The molecule has 0 aliphatic rings. The van der Waals surface area contributed by atoms with Crippen LogP contribution in [0.5, 0.6) is 0 Å². The maximum absolute atomic E-state index is 10.9. The standard InChI is InChI=1S/C9H16N4O2/c1-7(4-9(14)15-3)10-5-8-11-6-13(2)12-8/h6-7,10H,4-5H2,1-3H3. The molecule has 1 atom stereocenters. The highest BCUT2D eigenvalue weighted by molar-refractivity contribution is 5.69. The third-order valence-corrected chi connectivity index (χ3v) is 1.96. The number of aromatic nitrogens is 3. The minimum absolute atomic E-state index is 0.0567. The second kappa shape index (κ2) is 5.45. The highest BCUT2D eigenvalue weighted by Gasteiger charge is 2.09. The first-order chi connectivity index (χ1) is 7.11. The molecule has 6 nitrogen and oxygen atoms in total. The third-order valence-electron chi connectivity index (χ3n) is 1.96. The molecule has 0 aromatic carbocycles. The zero-order chi connectivity index (χ0) is 11.3. The molecule has 0 aliphatic heterocycles. The topological polar surface area (TPSA) is 69.0 Å². The molecule has 1 N–H and O–H groups in total. The van der Waals surface area contributed by atoms with Crippen LogP contribution in [0.15, 0.2) is 6.33 Å². The summed E-state index contributed by atoms with van der Waals surface area (Å²) in [6.45, 7) is 2.47. The zero-order valence-corrected chi connectivity index (χ0v) is 9.23. The normalized spacial score (nSPS) is 12.5. The number of hydrogen-bond donors (Lipinski definition) is 1. The Morgan fingerprint density at radius 3 is 3.00 bits per heavy atom. The van der Waals surface area contributed by atoms with Crippen molar-refractivity contribution in [2.75, 3.05) is 7.11 Å². The van der Waals surface area contributed by atoms with Crippen molar-refractivity contribution >= 4 is 5.97 Å². The van der Waals surface area contributed by atoms with Gasteiger partial charge in [0.2, 0.25) is 0 Å². The van der Waals surface area contributed by atoms with Crippen LogP contribution in [-0.4, -0.2) is 33.9 Å². The molecule has 1 aromatic rings. The van der Waals surface area contributed by atoms with Crippen molar-refractivity contribution in [1.29, 1.82) is 0 Å². The summed E-state index contributed by atoms with van der Waals surface area (Å²) in [4.78, 5) is 15.0. The van der Waals surface area contributed by atoms with Crippen molar-refractivity contribution in [3.8, 4) is 0 Å². The molecule has 0 spiro atoms. The van der Waals surface area contributed by atoms with Crippen LogP contribution in [0.25, 0.3) is 0 Å². The van der Waals surface area contributed by atoms with Crippen molar-refractivity contribution < 1.29 is 9.53 Å².